The Balaban J connectivity index is 0.000000137. The highest BCUT2D eigenvalue weighted by Gasteiger charge is 2.35. The molecule has 16 aromatic carbocycles. The van der Waals surface area contributed by atoms with Crippen LogP contribution in [-0.4, -0.2) is 18.3 Å². The summed E-state index contributed by atoms with van der Waals surface area (Å²) in [4.78, 5) is 0. The van der Waals surface area contributed by atoms with Gasteiger partial charge in [-0.1, -0.05) is 238 Å². The third-order valence-electron chi connectivity index (χ3n) is 22.3. The molecule has 0 atom stereocenters. The lowest BCUT2D eigenvalue weighted by atomic mass is 9.82. The number of para-hydroxylation sites is 6. The predicted molar refractivity (Wildman–Crippen MR) is 437 cm³/mol. The van der Waals surface area contributed by atoms with E-state index >= 15 is 0 Å². The molecular weight excluding hydrogens is 1260 g/mol. The van der Waals surface area contributed by atoms with Crippen molar-refractivity contribution < 1.29 is 4.42 Å². The van der Waals surface area contributed by atoms with Gasteiger partial charge in [0.05, 0.1) is 44.1 Å². The van der Waals surface area contributed by atoms with Crippen LogP contribution in [-0.2, 0) is 5.41 Å². The van der Waals surface area contributed by atoms with Crippen LogP contribution in [0.1, 0.15) is 25.0 Å². The molecule has 104 heavy (non-hydrogen) atoms. The van der Waals surface area contributed by atoms with Gasteiger partial charge in [-0.25, -0.2) is 0 Å². The van der Waals surface area contributed by atoms with E-state index in [0.717, 1.165) is 33.3 Å². The summed E-state index contributed by atoms with van der Waals surface area (Å²) in [6, 6.07) is 133. The fourth-order valence-electron chi connectivity index (χ4n) is 17.3. The number of nitrogens with zero attached hydrogens (tertiary/aromatic N) is 4. The first-order valence-corrected chi connectivity index (χ1v) is 35.9. The van der Waals surface area contributed by atoms with E-state index in [4.69, 9.17) is 4.42 Å². The Labute approximate surface area is 600 Å². The van der Waals surface area contributed by atoms with Gasteiger partial charge in [-0.15, -0.1) is 0 Å². The molecule has 488 valence electrons. The molecule has 0 unspecified atom stereocenters. The van der Waals surface area contributed by atoms with Gasteiger partial charge in [0, 0.05) is 82.0 Å². The number of benzene rings is 16. The molecule has 1 aliphatic rings. The second kappa shape index (κ2) is 23.3. The lowest BCUT2D eigenvalue weighted by Gasteiger charge is -2.22. The Morgan fingerprint density at radius 3 is 0.990 bits per heavy atom. The minimum absolute atomic E-state index is 0.0455. The minimum Gasteiger partial charge on any atom is -0.456 e. The molecule has 0 aliphatic heterocycles. The van der Waals surface area contributed by atoms with Gasteiger partial charge in [-0.2, -0.15) is 0 Å². The molecule has 1 aliphatic carbocycles. The van der Waals surface area contributed by atoms with Crippen molar-refractivity contribution in [1.29, 1.82) is 0 Å². The zero-order valence-electron chi connectivity index (χ0n) is 57.3. The minimum atomic E-state index is -0.0455. The average Bonchev–Trinajstić information content (AvgIpc) is 1.53. The van der Waals surface area contributed by atoms with Crippen molar-refractivity contribution in [3.05, 3.63) is 375 Å². The van der Waals surface area contributed by atoms with E-state index in [0.29, 0.717) is 0 Å². The Morgan fingerprint density at radius 2 is 0.500 bits per heavy atom. The van der Waals surface area contributed by atoms with Gasteiger partial charge in [-0.05, 0) is 206 Å². The largest absolute Gasteiger partial charge is 0.456 e. The van der Waals surface area contributed by atoms with E-state index in [1.54, 1.807) is 0 Å². The van der Waals surface area contributed by atoms with Crippen molar-refractivity contribution >= 4 is 109 Å². The van der Waals surface area contributed by atoms with Crippen molar-refractivity contribution in [2.24, 2.45) is 0 Å². The summed E-state index contributed by atoms with van der Waals surface area (Å²) in [5.41, 5.74) is 31.3. The maximum atomic E-state index is 6.09. The fourth-order valence-corrected chi connectivity index (χ4v) is 17.3. The topological polar surface area (TPSA) is 32.9 Å². The van der Waals surface area contributed by atoms with Crippen LogP contribution >= 0.6 is 0 Å². The SMILES string of the molecule is CC1(C)c2ccccc2-c2ccc(-n3c4ccccc4c4cc(-c5ccc6c(c5)c5ccccc5n6-c5ccccc5)ccc43)cc21.c1ccc(-c2ccc(-n3c4ccccc4c4cc(-c5ccc6c(c5)c5ccccc5n6-c5ccc(-c6ccc7oc8ccccc8c7c6)cc5)ccc43)cc2)cc1. The van der Waals surface area contributed by atoms with Crippen LogP contribution in [0.4, 0.5) is 0 Å². The highest BCUT2D eigenvalue weighted by molar-refractivity contribution is 6.15. The normalized spacial score (nSPS) is 12.6. The summed E-state index contributed by atoms with van der Waals surface area (Å²) < 4.78 is 15.7. The third-order valence-corrected chi connectivity index (χ3v) is 22.3. The molecule has 0 saturated heterocycles. The van der Waals surface area contributed by atoms with Crippen LogP contribution in [0.3, 0.4) is 0 Å². The number of furan rings is 1. The lowest BCUT2D eigenvalue weighted by Crippen LogP contribution is -2.15. The van der Waals surface area contributed by atoms with Crippen LogP contribution in [0.5, 0.6) is 0 Å². The second-order valence-corrected chi connectivity index (χ2v) is 28.3. The molecule has 0 N–H and O–H groups in total. The van der Waals surface area contributed by atoms with Crippen molar-refractivity contribution in [1.82, 2.24) is 18.3 Å². The maximum absolute atomic E-state index is 6.09. The molecule has 5 nitrogen and oxygen atoms in total. The monoisotopic (exact) mass is 1330 g/mol. The average molecular weight is 1330 g/mol. The van der Waals surface area contributed by atoms with Gasteiger partial charge in [0.25, 0.3) is 0 Å². The second-order valence-electron chi connectivity index (χ2n) is 28.3. The van der Waals surface area contributed by atoms with Crippen molar-refractivity contribution in [3.8, 4) is 78.4 Å². The molecule has 22 rings (SSSR count). The van der Waals surface area contributed by atoms with Crippen molar-refractivity contribution in [3.63, 3.8) is 0 Å². The number of rotatable bonds is 8. The molecule has 5 aromatic heterocycles. The Bertz CT molecular complexity index is 7040. The smallest absolute Gasteiger partial charge is 0.135 e. The number of fused-ring (bicyclic) bond motifs is 18. The first-order valence-electron chi connectivity index (χ1n) is 35.9. The molecule has 0 radical (unpaired) electrons. The standard InChI is InChI=1S/C54H34N2O.C45H32N2/c1-2-10-35(11-3-1)36-18-25-41(26-19-36)55-49-15-7-4-12-43(49)46-32-39(22-29-51(46)55)40-23-30-52-47(33-40)44-13-5-8-16-50(44)56(52)42-27-20-37(21-28-42)38-24-31-54-48(34-38)45-14-6-9-17-53(45)57-54;1-45(2)39-17-9-6-14-33(39)34-23-22-32(28-40(34)45)47-42-19-11-8-16-36(42)38-27-30(21-25-44(38)47)29-20-24-43-37(26-29)35-15-7-10-18-41(35)46(43)31-12-4-3-5-13-31/h1-34H;3-28H,1-2H3. The Morgan fingerprint density at radius 1 is 0.192 bits per heavy atom. The summed E-state index contributed by atoms with van der Waals surface area (Å²) in [5, 5.41) is 12.4. The summed E-state index contributed by atoms with van der Waals surface area (Å²) in [7, 11) is 0. The van der Waals surface area contributed by atoms with Gasteiger partial charge in [-0.3, -0.25) is 0 Å². The molecule has 0 amide bonds. The van der Waals surface area contributed by atoms with E-state index in [1.165, 1.54) is 165 Å². The Kier molecular flexibility index (Phi) is 13.3. The summed E-state index contributed by atoms with van der Waals surface area (Å²) in [6.45, 7) is 4.71. The lowest BCUT2D eigenvalue weighted by molar-refractivity contribution is 0.660. The first kappa shape index (κ1) is 59.4. The summed E-state index contributed by atoms with van der Waals surface area (Å²) >= 11 is 0. The zero-order valence-corrected chi connectivity index (χ0v) is 57.3. The quantitative estimate of drug-likeness (QED) is 0.149. The van der Waals surface area contributed by atoms with E-state index in [9.17, 15) is 0 Å². The first-order chi connectivity index (χ1) is 51.3. The van der Waals surface area contributed by atoms with E-state index in [2.05, 4.69) is 384 Å². The van der Waals surface area contributed by atoms with E-state index < -0.39 is 0 Å². The molecule has 0 saturated carbocycles. The molecule has 0 bridgehead atoms. The molecule has 0 fully saturated rings. The van der Waals surface area contributed by atoms with Crippen LogP contribution in [0.25, 0.3) is 188 Å². The molecule has 5 heteroatoms. The van der Waals surface area contributed by atoms with Crippen LogP contribution < -0.4 is 0 Å². The van der Waals surface area contributed by atoms with Gasteiger partial charge in [0.2, 0.25) is 0 Å². The fraction of sp³-hybridized carbons (Fsp3) is 0.0303. The highest BCUT2D eigenvalue weighted by Crippen LogP contribution is 2.50. The van der Waals surface area contributed by atoms with Crippen LogP contribution in [0.15, 0.2) is 368 Å². The predicted octanol–water partition coefficient (Wildman–Crippen LogP) is 26.6. The van der Waals surface area contributed by atoms with E-state index in [-0.39, 0.29) is 5.41 Å². The molecule has 5 heterocycles. The highest BCUT2D eigenvalue weighted by atomic mass is 16.3. The van der Waals surface area contributed by atoms with Gasteiger partial charge < -0.3 is 22.7 Å². The number of aromatic nitrogens is 4. The maximum Gasteiger partial charge on any atom is 0.135 e. The van der Waals surface area contributed by atoms with Crippen molar-refractivity contribution in [2.45, 2.75) is 19.3 Å². The molecular formula is C99H66N4O. The molecule has 0 spiro atoms. The van der Waals surface area contributed by atoms with E-state index in [1.807, 2.05) is 12.1 Å². The number of hydrogen-bond donors (Lipinski definition) is 0. The van der Waals surface area contributed by atoms with Crippen LogP contribution in [0.2, 0.25) is 0 Å². The third kappa shape index (κ3) is 9.27. The molecule has 21 aromatic rings. The van der Waals surface area contributed by atoms with Crippen molar-refractivity contribution in [2.75, 3.05) is 0 Å². The Hall–Kier alpha value is -13.5. The zero-order chi connectivity index (χ0) is 68.7. The van der Waals surface area contributed by atoms with Gasteiger partial charge in [0.15, 0.2) is 0 Å². The van der Waals surface area contributed by atoms with Gasteiger partial charge in [0.1, 0.15) is 11.2 Å². The van der Waals surface area contributed by atoms with Crippen LogP contribution in [0, 0.1) is 0 Å². The summed E-state index contributed by atoms with van der Waals surface area (Å²) in [5.74, 6) is 0. The summed E-state index contributed by atoms with van der Waals surface area (Å²) in [6.07, 6.45) is 0. The van der Waals surface area contributed by atoms with Gasteiger partial charge >= 0.3 is 0 Å². The number of hydrogen-bond acceptors (Lipinski definition) is 1.